The van der Waals surface area contributed by atoms with E-state index in [1.54, 1.807) is 7.11 Å². The Bertz CT molecular complexity index is 321. The van der Waals surface area contributed by atoms with E-state index in [0.29, 0.717) is 19.3 Å². The average molecular weight is 308 g/mol. The van der Waals surface area contributed by atoms with Crippen LogP contribution in [0.3, 0.4) is 0 Å². The maximum absolute atomic E-state index is 11.0. The van der Waals surface area contributed by atoms with Crippen LogP contribution in [0.4, 0.5) is 0 Å². The van der Waals surface area contributed by atoms with E-state index in [1.165, 1.54) is 0 Å². The minimum absolute atomic E-state index is 0.00817. The van der Waals surface area contributed by atoms with Gasteiger partial charge in [-0.3, -0.25) is 9.59 Å². The fourth-order valence-electron chi connectivity index (χ4n) is 1.26. The van der Waals surface area contributed by atoms with Crippen molar-refractivity contribution in [2.75, 3.05) is 13.7 Å². The molecule has 20 heavy (non-hydrogen) atoms. The van der Waals surface area contributed by atoms with Crippen molar-refractivity contribution in [3.8, 4) is 0 Å². The third-order valence-corrected chi connectivity index (χ3v) is 3.80. The minimum atomic E-state index is -1.23. The second-order valence-electron chi connectivity index (χ2n) is 4.10. The zero-order valence-corrected chi connectivity index (χ0v) is 12.3. The highest BCUT2D eigenvalue weighted by Crippen LogP contribution is 2.24. The number of thioether (sulfide) groups is 1. The first kappa shape index (κ1) is 18.9. The van der Waals surface area contributed by atoms with Crippen molar-refractivity contribution >= 4 is 30.0 Å². The molecule has 0 saturated heterocycles. The molecule has 0 saturated carbocycles. The lowest BCUT2D eigenvalue weighted by atomic mass is 10.3. The van der Waals surface area contributed by atoms with Gasteiger partial charge in [0.1, 0.15) is 17.0 Å². The number of hydrogen-bond acceptors (Lipinski definition) is 6. The van der Waals surface area contributed by atoms with Gasteiger partial charge in [0, 0.05) is 13.5 Å². The molecule has 0 amide bonds. The van der Waals surface area contributed by atoms with Crippen molar-refractivity contribution in [3.05, 3.63) is 0 Å². The first-order chi connectivity index (χ1) is 9.40. The number of methoxy groups -OCH3 is 1. The highest BCUT2D eigenvalue weighted by Gasteiger charge is 2.26. The molecule has 0 aromatic heterocycles. The predicted molar refractivity (Wildman–Crippen MR) is 72.8 cm³/mol. The van der Waals surface area contributed by atoms with Gasteiger partial charge in [0.25, 0.3) is 0 Å². The molecule has 3 unspecified atom stereocenters. The van der Waals surface area contributed by atoms with E-state index in [-0.39, 0.29) is 12.5 Å². The summed E-state index contributed by atoms with van der Waals surface area (Å²) >= 11 is 0.835. The molecule has 8 heteroatoms. The Morgan fingerprint density at radius 2 is 2.00 bits per heavy atom. The lowest BCUT2D eigenvalue weighted by molar-refractivity contribution is -0.143. The summed E-state index contributed by atoms with van der Waals surface area (Å²) < 4.78 is 10.4. The molecule has 0 aliphatic rings. The zero-order valence-electron chi connectivity index (χ0n) is 11.5. The molecular formula is C12H20O7S. The third-order valence-electron chi connectivity index (χ3n) is 2.47. The monoisotopic (exact) mass is 308 g/mol. The summed E-state index contributed by atoms with van der Waals surface area (Å²) in [6.07, 6.45) is 0.703. The fourth-order valence-corrected chi connectivity index (χ4v) is 2.35. The van der Waals surface area contributed by atoms with E-state index >= 15 is 0 Å². The molecule has 0 aliphatic carbocycles. The van der Waals surface area contributed by atoms with Gasteiger partial charge in [0.15, 0.2) is 0 Å². The number of aldehydes is 1. The van der Waals surface area contributed by atoms with Crippen LogP contribution in [0.1, 0.15) is 26.2 Å². The Morgan fingerprint density at radius 1 is 1.35 bits per heavy atom. The standard InChI is InChI=1S/C12H20O7S/c1-8(18-2)4-6-19-11(3-5-13)20-9(12(16)17)7-10(14)15/h5,8-9,11H,3-4,6-7H2,1-2H3,(H,14,15)(H,16,17). The number of hydrogen-bond donors (Lipinski definition) is 2. The van der Waals surface area contributed by atoms with Gasteiger partial charge in [-0.2, -0.15) is 0 Å². The smallest absolute Gasteiger partial charge is 0.317 e. The summed E-state index contributed by atoms with van der Waals surface area (Å²) in [4.78, 5) is 32.1. The van der Waals surface area contributed by atoms with E-state index in [0.717, 1.165) is 11.8 Å². The van der Waals surface area contributed by atoms with Crippen LogP contribution in [0.25, 0.3) is 0 Å². The largest absolute Gasteiger partial charge is 0.481 e. The van der Waals surface area contributed by atoms with Crippen LogP contribution in [0.5, 0.6) is 0 Å². The maximum atomic E-state index is 11.0. The Hall–Kier alpha value is -1.12. The number of ether oxygens (including phenoxy) is 2. The van der Waals surface area contributed by atoms with Crippen molar-refractivity contribution in [1.29, 1.82) is 0 Å². The first-order valence-corrected chi connectivity index (χ1v) is 7.03. The molecular weight excluding hydrogens is 288 g/mol. The number of carbonyl (C=O) groups excluding carboxylic acids is 1. The van der Waals surface area contributed by atoms with E-state index in [4.69, 9.17) is 19.7 Å². The van der Waals surface area contributed by atoms with Crippen molar-refractivity contribution in [3.63, 3.8) is 0 Å². The predicted octanol–water partition coefficient (Wildman–Crippen LogP) is 1.00. The van der Waals surface area contributed by atoms with Gasteiger partial charge in [-0.15, -0.1) is 11.8 Å². The van der Waals surface area contributed by atoms with Gasteiger partial charge in [-0.1, -0.05) is 0 Å². The van der Waals surface area contributed by atoms with E-state index in [2.05, 4.69) is 0 Å². The highest BCUT2D eigenvalue weighted by atomic mass is 32.2. The number of carbonyl (C=O) groups is 3. The topological polar surface area (TPSA) is 110 Å². The summed E-state index contributed by atoms with van der Waals surface area (Å²) in [7, 11) is 1.57. The van der Waals surface area contributed by atoms with Crippen LogP contribution < -0.4 is 0 Å². The van der Waals surface area contributed by atoms with Crippen LogP contribution >= 0.6 is 11.8 Å². The third kappa shape index (κ3) is 8.89. The van der Waals surface area contributed by atoms with Gasteiger partial charge in [-0.25, -0.2) is 0 Å². The Morgan fingerprint density at radius 3 is 2.45 bits per heavy atom. The molecule has 0 aromatic rings. The Kier molecular flexibility index (Phi) is 10.0. The zero-order chi connectivity index (χ0) is 15.5. The van der Waals surface area contributed by atoms with Gasteiger partial charge >= 0.3 is 11.9 Å². The summed E-state index contributed by atoms with van der Waals surface area (Å²) in [5, 5.41) is 16.5. The molecule has 0 rings (SSSR count). The number of rotatable bonds is 12. The van der Waals surface area contributed by atoms with Gasteiger partial charge in [-0.05, 0) is 13.3 Å². The van der Waals surface area contributed by atoms with Crippen LogP contribution in [0.2, 0.25) is 0 Å². The average Bonchev–Trinajstić information content (AvgIpc) is 2.37. The summed E-state index contributed by atoms with van der Waals surface area (Å²) in [5.74, 6) is -2.44. The molecule has 0 spiro atoms. The summed E-state index contributed by atoms with van der Waals surface area (Å²) in [6, 6.07) is 0. The van der Waals surface area contributed by atoms with E-state index in [1.807, 2.05) is 6.92 Å². The molecule has 0 radical (unpaired) electrons. The minimum Gasteiger partial charge on any atom is -0.481 e. The van der Waals surface area contributed by atoms with Crippen LogP contribution in [-0.4, -0.2) is 58.9 Å². The van der Waals surface area contributed by atoms with Crippen molar-refractivity contribution in [2.45, 2.75) is 43.0 Å². The number of aliphatic carboxylic acids is 2. The number of carboxylic acids is 2. The first-order valence-electron chi connectivity index (χ1n) is 6.08. The molecule has 3 atom stereocenters. The molecule has 0 heterocycles. The van der Waals surface area contributed by atoms with Gasteiger partial charge in [0.2, 0.25) is 0 Å². The van der Waals surface area contributed by atoms with Gasteiger partial charge < -0.3 is 24.5 Å². The second-order valence-corrected chi connectivity index (χ2v) is 5.47. The number of carboxylic acid groups (broad SMARTS) is 2. The van der Waals surface area contributed by atoms with Crippen molar-refractivity contribution < 1.29 is 34.1 Å². The summed E-state index contributed by atoms with van der Waals surface area (Å²) in [6.45, 7) is 2.16. The molecule has 2 N–H and O–H groups in total. The Balaban J connectivity index is 4.37. The van der Waals surface area contributed by atoms with E-state index < -0.39 is 29.0 Å². The SMILES string of the molecule is COC(C)CCOC(CC=O)SC(CC(=O)O)C(=O)O. The molecule has 7 nitrogen and oxygen atoms in total. The van der Waals surface area contributed by atoms with Crippen LogP contribution in [0.15, 0.2) is 0 Å². The lowest BCUT2D eigenvalue weighted by Gasteiger charge is -2.19. The second kappa shape index (κ2) is 10.6. The fraction of sp³-hybridized carbons (Fsp3) is 0.750. The van der Waals surface area contributed by atoms with E-state index in [9.17, 15) is 14.4 Å². The maximum Gasteiger partial charge on any atom is 0.317 e. The highest BCUT2D eigenvalue weighted by molar-refractivity contribution is 8.01. The summed E-state index contributed by atoms with van der Waals surface area (Å²) in [5.41, 5.74) is -0.669. The molecule has 0 aliphatic heterocycles. The normalized spacial score (nSPS) is 15.3. The van der Waals surface area contributed by atoms with Crippen molar-refractivity contribution in [1.82, 2.24) is 0 Å². The van der Waals surface area contributed by atoms with Crippen LogP contribution in [0, 0.1) is 0 Å². The molecule has 0 aromatic carbocycles. The molecule has 116 valence electrons. The van der Waals surface area contributed by atoms with Crippen molar-refractivity contribution in [2.24, 2.45) is 0 Å². The molecule has 0 fully saturated rings. The lowest BCUT2D eigenvalue weighted by Crippen LogP contribution is -2.25. The Labute approximate surface area is 121 Å². The molecule has 0 bridgehead atoms. The van der Waals surface area contributed by atoms with Crippen LogP contribution in [-0.2, 0) is 23.9 Å². The quantitative estimate of drug-likeness (QED) is 0.406. The van der Waals surface area contributed by atoms with Gasteiger partial charge in [0.05, 0.1) is 19.1 Å².